The monoisotopic (exact) mass is 180 g/mol. The molecule has 1 aromatic rings. The Morgan fingerprint density at radius 1 is 1.50 bits per heavy atom. The van der Waals surface area contributed by atoms with Crippen molar-refractivity contribution in [2.24, 2.45) is 0 Å². The molecular weight excluding hydrogens is 168 g/mol. The molecule has 0 aliphatic carbocycles. The number of thioether (sulfide) groups is 1. The first-order valence-electron chi connectivity index (χ1n) is 3.94. The molecule has 1 N–H and O–H groups in total. The van der Waals surface area contributed by atoms with Crippen molar-refractivity contribution in [3.05, 3.63) is 23.8 Å². The number of hydrogen-bond acceptors (Lipinski definition) is 3. The van der Waals surface area contributed by atoms with Crippen LogP contribution in [0, 0.1) is 0 Å². The van der Waals surface area contributed by atoms with Crippen LogP contribution in [0.1, 0.15) is 5.56 Å². The van der Waals surface area contributed by atoms with Gasteiger partial charge in [0.25, 0.3) is 0 Å². The summed E-state index contributed by atoms with van der Waals surface area (Å²) in [6.45, 7) is 1.00. The fraction of sp³-hybridized carbons (Fsp3) is 0.333. The highest BCUT2D eigenvalue weighted by Crippen LogP contribution is 2.27. The molecule has 0 atom stereocenters. The van der Waals surface area contributed by atoms with Gasteiger partial charge in [-0.2, -0.15) is 0 Å². The van der Waals surface area contributed by atoms with E-state index in [1.807, 2.05) is 0 Å². The van der Waals surface area contributed by atoms with E-state index in [1.165, 1.54) is 16.1 Å². The van der Waals surface area contributed by atoms with Gasteiger partial charge in [-0.15, -0.1) is 11.8 Å². The van der Waals surface area contributed by atoms with E-state index in [9.17, 15) is 0 Å². The van der Waals surface area contributed by atoms with E-state index in [1.54, 1.807) is 11.8 Å². The van der Waals surface area contributed by atoms with Gasteiger partial charge in [-0.3, -0.25) is 0 Å². The molecular formula is C9H12N2S. The first-order valence-corrected chi connectivity index (χ1v) is 5.17. The fourth-order valence-electron chi connectivity index (χ4n) is 1.44. The van der Waals surface area contributed by atoms with Crippen LogP contribution in [0.4, 0.5) is 5.69 Å². The number of nitrogens with zero attached hydrogens (tertiary/aromatic N) is 1. The van der Waals surface area contributed by atoms with Crippen molar-refractivity contribution in [2.45, 2.75) is 11.4 Å². The van der Waals surface area contributed by atoms with Gasteiger partial charge in [0.2, 0.25) is 0 Å². The molecule has 0 bridgehead atoms. The Kier molecular flexibility index (Phi) is 1.98. The molecule has 0 amide bonds. The van der Waals surface area contributed by atoms with Gasteiger partial charge in [-0.05, 0) is 30.0 Å². The van der Waals surface area contributed by atoms with Crippen LogP contribution < -0.4 is 5.43 Å². The van der Waals surface area contributed by atoms with Gasteiger partial charge in [-0.25, -0.2) is 5.01 Å². The van der Waals surface area contributed by atoms with E-state index in [2.05, 4.69) is 41.9 Å². The summed E-state index contributed by atoms with van der Waals surface area (Å²) in [6, 6.07) is 6.54. The molecule has 1 aromatic carbocycles. The van der Waals surface area contributed by atoms with Crippen molar-refractivity contribution < 1.29 is 0 Å². The van der Waals surface area contributed by atoms with Gasteiger partial charge in [0.05, 0.1) is 5.69 Å². The van der Waals surface area contributed by atoms with Gasteiger partial charge in [0, 0.05) is 18.5 Å². The fourth-order valence-corrected chi connectivity index (χ4v) is 1.90. The molecule has 0 unspecified atom stereocenters. The Morgan fingerprint density at radius 2 is 2.33 bits per heavy atom. The number of hydrogen-bond donors (Lipinski definition) is 1. The molecule has 0 radical (unpaired) electrons. The Hall–Kier alpha value is -0.670. The number of hydrazine groups is 1. The van der Waals surface area contributed by atoms with Gasteiger partial charge in [0.15, 0.2) is 0 Å². The van der Waals surface area contributed by atoms with Crippen LogP contribution in [0.5, 0.6) is 0 Å². The summed E-state index contributed by atoms with van der Waals surface area (Å²) < 4.78 is 0. The first-order chi connectivity index (χ1) is 5.79. The van der Waals surface area contributed by atoms with Crippen molar-refractivity contribution in [1.82, 2.24) is 5.01 Å². The predicted octanol–water partition coefficient (Wildman–Crippen LogP) is 2.18. The second-order valence-electron chi connectivity index (χ2n) is 2.99. The third-order valence-corrected chi connectivity index (χ3v) is 2.76. The van der Waals surface area contributed by atoms with Gasteiger partial charge < -0.3 is 5.43 Å². The minimum atomic E-state index is 1.00. The van der Waals surface area contributed by atoms with Crippen LogP contribution in [-0.4, -0.2) is 18.3 Å². The Labute approximate surface area is 76.9 Å². The number of rotatable bonds is 1. The molecule has 0 saturated heterocycles. The third kappa shape index (κ3) is 1.30. The van der Waals surface area contributed by atoms with Crippen LogP contribution in [0.2, 0.25) is 0 Å². The predicted molar refractivity (Wildman–Crippen MR) is 53.3 cm³/mol. The molecule has 0 aromatic heterocycles. The Bertz CT molecular complexity index is 299. The van der Waals surface area contributed by atoms with Crippen LogP contribution in [0.3, 0.4) is 0 Å². The standard InChI is InChI=1S/C9H12N2S/c1-11-6-7-5-8(12-2)3-4-9(7)10-11/h3-5,10H,6H2,1-2H3. The van der Waals surface area contributed by atoms with E-state index in [0.29, 0.717) is 0 Å². The number of nitrogens with one attached hydrogen (secondary N) is 1. The lowest BCUT2D eigenvalue weighted by molar-refractivity contribution is 0.422. The average Bonchev–Trinajstić information content (AvgIpc) is 2.43. The Morgan fingerprint density at radius 3 is 3.08 bits per heavy atom. The minimum Gasteiger partial charge on any atom is -0.318 e. The van der Waals surface area contributed by atoms with Gasteiger partial charge >= 0.3 is 0 Å². The summed E-state index contributed by atoms with van der Waals surface area (Å²) in [5.41, 5.74) is 5.91. The van der Waals surface area contributed by atoms with Crippen LogP contribution in [-0.2, 0) is 6.54 Å². The summed E-state index contributed by atoms with van der Waals surface area (Å²) in [7, 11) is 2.05. The highest BCUT2D eigenvalue weighted by Gasteiger charge is 2.13. The lowest BCUT2D eigenvalue weighted by atomic mass is 10.2. The molecule has 0 spiro atoms. The quantitative estimate of drug-likeness (QED) is 0.667. The first kappa shape index (κ1) is 7.95. The zero-order valence-corrected chi connectivity index (χ0v) is 8.11. The molecule has 12 heavy (non-hydrogen) atoms. The molecule has 0 saturated carbocycles. The third-order valence-electron chi connectivity index (χ3n) is 2.03. The summed E-state index contributed by atoms with van der Waals surface area (Å²) in [5, 5.41) is 2.09. The summed E-state index contributed by atoms with van der Waals surface area (Å²) >= 11 is 1.79. The maximum atomic E-state index is 3.27. The van der Waals surface area contributed by atoms with Gasteiger partial charge in [0.1, 0.15) is 0 Å². The lowest BCUT2D eigenvalue weighted by Gasteiger charge is -2.06. The molecule has 0 fully saturated rings. The van der Waals surface area contributed by atoms with E-state index >= 15 is 0 Å². The average molecular weight is 180 g/mol. The summed E-state index contributed by atoms with van der Waals surface area (Å²) in [5.74, 6) is 0. The highest BCUT2D eigenvalue weighted by molar-refractivity contribution is 7.98. The zero-order chi connectivity index (χ0) is 8.55. The van der Waals surface area contributed by atoms with Gasteiger partial charge in [-0.1, -0.05) is 0 Å². The minimum absolute atomic E-state index is 1.00. The zero-order valence-electron chi connectivity index (χ0n) is 7.29. The second kappa shape index (κ2) is 2.99. The molecule has 1 heterocycles. The molecule has 2 nitrogen and oxygen atoms in total. The van der Waals surface area contributed by atoms with Crippen LogP contribution in [0.15, 0.2) is 23.1 Å². The van der Waals surface area contributed by atoms with Crippen molar-refractivity contribution in [2.75, 3.05) is 18.7 Å². The van der Waals surface area contributed by atoms with Crippen LogP contribution in [0.25, 0.3) is 0 Å². The molecule has 1 aliphatic rings. The van der Waals surface area contributed by atoms with E-state index in [0.717, 1.165) is 6.54 Å². The highest BCUT2D eigenvalue weighted by atomic mass is 32.2. The smallest absolute Gasteiger partial charge is 0.0536 e. The number of benzene rings is 1. The van der Waals surface area contributed by atoms with Crippen molar-refractivity contribution in [3.8, 4) is 0 Å². The molecule has 3 heteroatoms. The SMILES string of the molecule is CSc1ccc2c(c1)CN(C)N2. The number of anilines is 1. The second-order valence-corrected chi connectivity index (χ2v) is 3.87. The maximum Gasteiger partial charge on any atom is 0.0536 e. The van der Waals surface area contributed by atoms with Crippen LogP contribution >= 0.6 is 11.8 Å². The summed E-state index contributed by atoms with van der Waals surface area (Å²) in [4.78, 5) is 1.34. The molecule has 2 rings (SSSR count). The maximum absolute atomic E-state index is 3.27. The molecule has 64 valence electrons. The van der Waals surface area contributed by atoms with E-state index in [-0.39, 0.29) is 0 Å². The van der Waals surface area contributed by atoms with Crippen molar-refractivity contribution >= 4 is 17.4 Å². The van der Waals surface area contributed by atoms with E-state index in [4.69, 9.17) is 0 Å². The lowest BCUT2D eigenvalue weighted by Crippen LogP contribution is -2.16. The topological polar surface area (TPSA) is 15.3 Å². The molecule has 1 aliphatic heterocycles. The Balaban J connectivity index is 2.35. The van der Waals surface area contributed by atoms with Crippen molar-refractivity contribution in [1.29, 1.82) is 0 Å². The summed E-state index contributed by atoms with van der Waals surface area (Å²) in [6.07, 6.45) is 2.10. The largest absolute Gasteiger partial charge is 0.318 e. The normalized spacial score (nSPS) is 15.8. The van der Waals surface area contributed by atoms with Crippen molar-refractivity contribution in [3.63, 3.8) is 0 Å². The van der Waals surface area contributed by atoms with E-state index < -0.39 is 0 Å². The number of fused-ring (bicyclic) bond motifs is 1.